The molecule has 0 aliphatic carbocycles. The summed E-state index contributed by atoms with van der Waals surface area (Å²) in [7, 11) is 0. The van der Waals surface area contributed by atoms with E-state index in [2.05, 4.69) is 41.5 Å². The molecule has 0 aliphatic heterocycles. The molecule has 0 saturated carbocycles. The lowest BCUT2D eigenvalue weighted by molar-refractivity contribution is -0.132. The molecule has 0 heterocycles. The van der Waals surface area contributed by atoms with Gasteiger partial charge in [-0.25, -0.2) is 0 Å². The molecule has 0 fully saturated rings. The summed E-state index contributed by atoms with van der Waals surface area (Å²) in [5, 5.41) is 0. The first-order chi connectivity index (χ1) is 28.2. The number of rotatable bonds is 48. The number of ether oxygens (including phenoxy) is 7. The zero-order chi connectivity index (χ0) is 41.5. The van der Waals surface area contributed by atoms with Gasteiger partial charge < -0.3 is 33.2 Å². The van der Waals surface area contributed by atoms with E-state index in [9.17, 15) is 0 Å². The van der Waals surface area contributed by atoms with Crippen LogP contribution >= 0.6 is 0 Å². The Labute approximate surface area is 355 Å². The normalized spacial score (nSPS) is 12.5. The zero-order valence-corrected chi connectivity index (χ0v) is 39.1. The highest BCUT2D eigenvalue weighted by Crippen LogP contribution is 2.21. The molecule has 57 heavy (non-hydrogen) atoms. The maximum atomic E-state index is 6.45. The van der Waals surface area contributed by atoms with E-state index in [0.717, 1.165) is 87.6 Å². The van der Waals surface area contributed by atoms with E-state index in [1.807, 2.05) is 0 Å². The highest BCUT2D eigenvalue weighted by atomic mass is 16.7. The predicted molar refractivity (Wildman–Crippen MR) is 242 cm³/mol. The Balaban J connectivity index is 5.40. The lowest BCUT2D eigenvalue weighted by atomic mass is 10.1. The molecule has 7 nitrogen and oxygen atoms in total. The van der Waals surface area contributed by atoms with Crippen LogP contribution in [0, 0.1) is 0 Å². The van der Waals surface area contributed by atoms with Gasteiger partial charge in [-0.15, -0.1) is 0 Å². The van der Waals surface area contributed by atoms with Crippen molar-refractivity contribution in [3.63, 3.8) is 0 Å². The lowest BCUT2D eigenvalue weighted by Gasteiger charge is -2.19. The number of unbranched alkanes of at least 4 members (excludes halogenated alkanes) is 24. The Morgan fingerprint density at radius 3 is 0.789 bits per heavy atom. The lowest BCUT2D eigenvalue weighted by Crippen LogP contribution is -2.14. The molecule has 0 aromatic carbocycles. The third-order valence-electron chi connectivity index (χ3n) is 10.5. The van der Waals surface area contributed by atoms with Crippen molar-refractivity contribution < 1.29 is 33.2 Å². The summed E-state index contributed by atoms with van der Waals surface area (Å²) >= 11 is 0. The highest BCUT2D eigenvalue weighted by molar-refractivity contribution is 5.03. The van der Waals surface area contributed by atoms with Gasteiger partial charge in [0.2, 0.25) is 0 Å². The summed E-state index contributed by atoms with van der Waals surface area (Å²) in [6.45, 7) is 17.4. The van der Waals surface area contributed by atoms with Crippen molar-refractivity contribution in [2.24, 2.45) is 0 Å². The van der Waals surface area contributed by atoms with Gasteiger partial charge in [-0.2, -0.15) is 0 Å². The second-order valence-electron chi connectivity index (χ2n) is 16.2. The molecule has 0 N–H and O–H groups in total. The standard InChI is InChI=1S/C50H98O7/c1-7-13-19-23-27-33-39-54-47(37-31-17-11-5)49(56-41-35-29-25-21-15-9-3)43-51-45-53-46-52-44-50(57-42-36-30-26-22-16-10-4)48(38-32-18-12-6)55-40-34-28-24-20-14-8-2/h7-46H2,1-6H3. The molecular formula is C50H98O7. The molecule has 0 atom stereocenters. The third kappa shape index (κ3) is 38.5. The van der Waals surface area contributed by atoms with Crippen LogP contribution in [0.2, 0.25) is 0 Å². The van der Waals surface area contributed by atoms with Gasteiger partial charge in [0, 0.05) is 12.8 Å². The van der Waals surface area contributed by atoms with Crippen LogP contribution in [0.25, 0.3) is 0 Å². The number of allylic oxidation sites excluding steroid dienone is 2. The largest absolute Gasteiger partial charge is 0.494 e. The van der Waals surface area contributed by atoms with E-state index in [0.29, 0.717) is 26.4 Å². The minimum Gasteiger partial charge on any atom is -0.494 e. The Morgan fingerprint density at radius 2 is 0.491 bits per heavy atom. The highest BCUT2D eigenvalue weighted by Gasteiger charge is 2.14. The Kier molecular flexibility index (Phi) is 46.0. The van der Waals surface area contributed by atoms with Crippen LogP contribution in [0.15, 0.2) is 23.0 Å². The van der Waals surface area contributed by atoms with Crippen LogP contribution in [0.1, 0.15) is 247 Å². The molecule has 0 aliphatic rings. The monoisotopic (exact) mass is 811 g/mol. The van der Waals surface area contributed by atoms with Crippen LogP contribution in [-0.2, 0) is 33.2 Å². The first-order valence-electron chi connectivity index (χ1n) is 24.9. The van der Waals surface area contributed by atoms with Gasteiger partial charge in [0.1, 0.15) is 38.3 Å². The Hall–Kier alpha value is -1.44. The molecule has 0 aromatic rings. The summed E-state index contributed by atoms with van der Waals surface area (Å²) in [5.41, 5.74) is 0. The first-order valence-corrected chi connectivity index (χ1v) is 24.9. The van der Waals surface area contributed by atoms with Crippen molar-refractivity contribution in [1.82, 2.24) is 0 Å². The summed E-state index contributed by atoms with van der Waals surface area (Å²) in [4.78, 5) is 0. The molecular weight excluding hydrogens is 713 g/mol. The first kappa shape index (κ1) is 55.6. The van der Waals surface area contributed by atoms with E-state index in [-0.39, 0.29) is 13.6 Å². The molecule has 0 rings (SSSR count). The van der Waals surface area contributed by atoms with E-state index >= 15 is 0 Å². The SMILES string of the molecule is CCCCCCCCOC(CCCCC)=C(COCOCOCC(OCCCCCCCC)=C(CCCCC)OCCCCCCCC)OCCCCCCCC. The number of hydrogen-bond donors (Lipinski definition) is 0. The minimum atomic E-state index is 0.124. The summed E-state index contributed by atoms with van der Waals surface area (Å²) in [6.07, 6.45) is 38.5. The second kappa shape index (κ2) is 47.2. The van der Waals surface area contributed by atoms with Crippen LogP contribution < -0.4 is 0 Å². The predicted octanol–water partition coefficient (Wildman–Crippen LogP) is 16.0. The molecule has 0 bridgehead atoms. The van der Waals surface area contributed by atoms with Crippen LogP contribution in [-0.4, -0.2) is 53.2 Å². The fourth-order valence-corrected chi connectivity index (χ4v) is 6.79. The van der Waals surface area contributed by atoms with E-state index in [1.165, 1.54) is 154 Å². The minimum absolute atomic E-state index is 0.124. The van der Waals surface area contributed by atoms with E-state index < -0.39 is 0 Å². The van der Waals surface area contributed by atoms with E-state index in [1.54, 1.807) is 0 Å². The quantitative estimate of drug-likeness (QED) is 0.0344. The van der Waals surface area contributed by atoms with Crippen molar-refractivity contribution in [2.45, 2.75) is 247 Å². The molecule has 0 amide bonds. The maximum Gasteiger partial charge on any atom is 0.159 e. The van der Waals surface area contributed by atoms with Crippen LogP contribution in [0.3, 0.4) is 0 Å². The topological polar surface area (TPSA) is 64.6 Å². The van der Waals surface area contributed by atoms with E-state index in [4.69, 9.17) is 33.2 Å². The van der Waals surface area contributed by atoms with Crippen molar-refractivity contribution in [3.8, 4) is 0 Å². The molecule has 0 spiro atoms. The molecule has 7 heteroatoms. The smallest absolute Gasteiger partial charge is 0.159 e. The van der Waals surface area contributed by atoms with Gasteiger partial charge in [-0.3, -0.25) is 0 Å². The second-order valence-corrected chi connectivity index (χ2v) is 16.2. The van der Waals surface area contributed by atoms with Crippen molar-refractivity contribution in [1.29, 1.82) is 0 Å². The summed E-state index contributed by atoms with van der Waals surface area (Å²) in [5.74, 6) is 3.60. The van der Waals surface area contributed by atoms with Gasteiger partial charge in [-0.05, 0) is 38.5 Å². The van der Waals surface area contributed by atoms with Gasteiger partial charge in [0.05, 0.1) is 26.4 Å². The molecule has 0 radical (unpaired) electrons. The van der Waals surface area contributed by atoms with Gasteiger partial charge in [0.15, 0.2) is 11.5 Å². The maximum absolute atomic E-state index is 6.45. The van der Waals surface area contributed by atoms with Crippen LogP contribution in [0.5, 0.6) is 0 Å². The summed E-state index contributed by atoms with van der Waals surface area (Å²) < 4.78 is 43.7. The summed E-state index contributed by atoms with van der Waals surface area (Å²) in [6, 6.07) is 0. The van der Waals surface area contributed by atoms with Gasteiger partial charge in [-0.1, -0.05) is 196 Å². The molecule has 0 aromatic heterocycles. The fourth-order valence-electron chi connectivity index (χ4n) is 6.79. The molecule has 0 saturated heterocycles. The van der Waals surface area contributed by atoms with Crippen molar-refractivity contribution in [3.05, 3.63) is 23.0 Å². The zero-order valence-electron chi connectivity index (χ0n) is 39.1. The van der Waals surface area contributed by atoms with Crippen LogP contribution in [0.4, 0.5) is 0 Å². The van der Waals surface area contributed by atoms with Gasteiger partial charge >= 0.3 is 0 Å². The average molecular weight is 811 g/mol. The third-order valence-corrected chi connectivity index (χ3v) is 10.5. The van der Waals surface area contributed by atoms with Crippen molar-refractivity contribution in [2.75, 3.05) is 53.2 Å². The molecule has 340 valence electrons. The fraction of sp³-hybridized carbons (Fsp3) is 0.920. The van der Waals surface area contributed by atoms with Crippen molar-refractivity contribution >= 4 is 0 Å². The number of hydrogen-bond acceptors (Lipinski definition) is 7. The Morgan fingerprint density at radius 1 is 0.246 bits per heavy atom. The Bertz CT molecular complexity index is 790. The average Bonchev–Trinajstić information content (AvgIpc) is 3.22. The van der Waals surface area contributed by atoms with Gasteiger partial charge in [0.25, 0.3) is 0 Å². The molecule has 0 unspecified atom stereocenters.